The third kappa shape index (κ3) is 13.0. The SMILES string of the molecule is C=CCNC(=O)C(=O)C(CCCCCC)NC(=O)[C@@H]1C[C@@H](C(=C)C(C)C)CN1C(=O)[C@@H](NC(=O)N[C@H](CN1CCCCC1=O)C(C)(C)C)C1CCCCC1. The van der Waals surface area contributed by atoms with Crippen molar-refractivity contribution in [3.63, 3.8) is 0 Å². The van der Waals surface area contributed by atoms with E-state index in [4.69, 9.17) is 0 Å². The first-order chi connectivity index (χ1) is 25.6. The van der Waals surface area contributed by atoms with Gasteiger partial charge in [0.2, 0.25) is 23.5 Å². The molecule has 6 amide bonds. The summed E-state index contributed by atoms with van der Waals surface area (Å²) in [5.74, 6) is -2.40. The maximum absolute atomic E-state index is 14.8. The molecule has 5 atom stereocenters. The van der Waals surface area contributed by atoms with Gasteiger partial charge in [-0.3, -0.25) is 24.0 Å². The van der Waals surface area contributed by atoms with Crippen LogP contribution in [-0.4, -0.2) is 95.6 Å². The predicted molar refractivity (Wildman–Crippen MR) is 212 cm³/mol. The van der Waals surface area contributed by atoms with Crippen molar-refractivity contribution in [3.05, 3.63) is 24.8 Å². The molecule has 54 heavy (non-hydrogen) atoms. The first-order valence-corrected chi connectivity index (χ1v) is 20.7. The average Bonchev–Trinajstić information content (AvgIpc) is 3.59. The molecule has 3 aliphatic rings. The second kappa shape index (κ2) is 21.4. The molecule has 1 aliphatic carbocycles. The van der Waals surface area contributed by atoms with Crippen molar-refractivity contribution in [2.24, 2.45) is 23.2 Å². The fraction of sp³-hybridized carbons (Fsp3) is 0.762. The van der Waals surface area contributed by atoms with Gasteiger partial charge in [-0.05, 0) is 61.7 Å². The van der Waals surface area contributed by atoms with E-state index in [1.807, 2.05) is 39.5 Å². The van der Waals surface area contributed by atoms with E-state index >= 15 is 0 Å². The summed E-state index contributed by atoms with van der Waals surface area (Å²) in [6, 6.07) is -3.66. The van der Waals surface area contributed by atoms with Crippen LogP contribution in [0.3, 0.4) is 0 Å². The Morgan fingerprint density at radius 3 is 2.26 bits per heavy atom. The monoisotopic (exact) mass is 755 g/mol. The highest BCUT2D eigenvalue weighted by Crippen LogP contribution is 2.35. The van der Waals surface area contributed by atoms with Crippen LogP contribution in [-0.2, 0) is 24.0 Å². The quantitative estimate of drug-likeness (QED) is 0.0785. The zero-order valence-electron chi connectivity index (χ0n) is 34.1. The highest BCUT2D eigenvalue weighted by molar-refractivity contribution is 6.38. The van der Waals surface area contributed by atoms with E-state index < -0.39 is 41.8 Å². The van der Waals surface area contributed by atoms with Crippen molar-refractivity contribution in [3.8, 4) is 0 Å². The number of amides is 6. The Hall–Kier alpha value is -3.70. The van der Waals surface area contributed by atoms with E-state index in [2.05, 4.69) is 41.3 Å². The smallest absolute Gasteiger partial charge is 0.315 e. The number of piperidine rings is 1. The summed E-state index contributed by atoms with van der Waals surface area (Å²) in [6.45, 7) is 21.6. The maximum Gasteiger partial charge on any atom is 0.315 e. The molecule has 4 N–H and O–H groups in total. The Labute approximate surface area is 324 Å². The third-order valence-electron chi connectivity index (χ3n) is 11.6. The zero-order chi connectivity index (χ0) is 40.0. The number of hydrogen-bond donors (Lipinski definition) is 4. The Balaban J connectivity index is 1.90. The van der Waals surface area contributed by atoms with E-state index in [0.717, 1.165) is 69.8 Å². The fourth-order valence-corrected chi connectivity index (χ4v) is 7.97. The van der Waals surface area contributed by atoms with Gasteiger partial charge in [0.05, 0.1) is 12.1 Å². The molecule has 0 radical (unpaired) electrons. The van der Waals surface area contributed by atoms with Gasteiger partial charge < -0.3 is 31.1 Å². The lowest BCUT2D eigenvalue weighted by atomic mass is 9.83. The average molecular weight is 755 g/mol. The Kier molecular flexibility index (Phi) is 17.7. The van der Waals surface area contributed by atoms with Gasteiger partial charge in [-0.25, -0.2) is 4.79 Å². The van der Waals surface area contributed by atoms with E-state index in [0.29, 0.717) is 38.8 Å². The normalized spacial score (nSPS) is 21.2. The summed E-state index contributed by atoms with van der Waals surface area (Å²) in [4.78, 5) is 85.2. The number of rotatable bonds is 19. The minimum absolute atomic E-state index is 0.0890. The van der Waals surface area contributed by atoms with Crippen LogP contribution < -0.4 is 21.3 Å². The molecule has 304 valence electrons. The van der Waals surface area contributed by atoms with Crippen LogP contribution in [0.5, 0.6) is 0 Å². The van der Waals surface area contributed by atoms with Crippen LogP contribution in [0.25, 0.3) is 0 Å². The molecule has 3 fully saturated rings. The first-order valence-electron chi connectivity index (χ1n) is 20.7. The van der Waals surface area contributed by atoms with Crippen LogP contribution in [0.2, 0.25) is 0 Å². The number of carbonyl (C=O) groups excluding carboxylic acids is 6. The lowest BCUT2D eigenvalue weighted by Crippen LogP contribution is -2.61. The minimum atomic E-state index is -1.04. The van der Waals surface area contributed by atoms with Crippen LogP contribution in [0.4, 0.5) is 4.79 Å². The summed E-state index contributed by atoms with van der Waals surface area (Å²) in [5.41, 5.74) is 0.564. The minimum Gasteiger partial charge on any atom is -0.346 e. The van der Waals surface area contributed by atoms with Crippen molar-refractivity contribution in [2.45, 2.75) is 156 Å². The molecular formula is C42H70N6O6. The van der Waals surface area contributed by atoms with E-state index in [-0.39, 0.29) is 54.1 Å². The van der Waals surface area contributed by atoms with Crippen molar-refractivity contribution < 1.29 is 28.8 Å². The lowest BCUT2D eigenvalue weighted by Gasteiger charge is -2.38. The summed E-state index contributed by atoms with van der Waals surface area (Å²) >= 11 is 0. The topological polar surface area (TPSA) is 157 Å². The van der Waals surface area contributed by atoms with Crippen LogP contribution in [0.15, 0.2) is 24.8 Å². The molecule has 2 heterocycles. The predicted octanol–water partition coefficient (Wildman–Crippen LogP) is 5.42. The molecule has 2 saturated heterocycles. The van der Waals surface area contributed by atoms with Crippen LogP contribution in [0, 0.1) is 23.2 Å². The highest BCUT2D eigenvalue weighted by atomic mass is 16.2. The molecule has 1 saturated carbocycles. The molecule has 12 nitrogen and oxygen atoms in total. The highest BCUT2D eigenvalue weighted by Gasteiger charge is 2.46. The third-order valence-corrected chi connectivity index (χ3v) is 11.6. The Bertz CT molecular complexity index is 1330. The van der Waals surface area contributed by atoms with Gasteiger partial charge in [0.1, 0.15) is 12.1 Å². The second-order valence-electron chi connectivity index (χ2n) is 17.2. The van der Waals surface area contributed by atoms with Crippen LogP contribution >= 0.6 is 0 Å². The van der Waals surface area contributed by atoms with E-state index in [1.54, 1.807) is 4.90 Å². The van der Waals surface area contributed by atoms with Crippen molar-refractivity contribution >= 4 is 35.4 Å². The fourth-order valence-electron chi connectivity index (χ4n) is 7.97. The summed E-state index contributed by atoms with van der Waals surface area (Å²) in [5, 5.41) is 11.6. The Morgan fingerprint density at radius 1 is 0.944 bits per heavy atom. The van der Waals surface area contributed by atoms with E-state index in [9.17, 15) is 28.8 Å². The molecular weight excluding hydrogens is 684 g/mol. The Morgan fingerprint density at radius 2 is 1.65 bits per heavy atom. The molecule has 3 rings (SSSR count). The molecule has 12 heteroatoms. The van der Waals surface area contributed by atoms with Gasteiger partial charge >= 0.3 is 6.03 Å². The summed E-state index contributed by atoms with van der Waals surface area (Å²) in [7, 11) is 0. The van der Waals surface area contributed by atoms with E-state index in [1.165, 1.54) is 6.08 Å². The molecule has 0 spiro atoms. The van der Waals surface area contributed by atoms with Gasteiger partial charge in [-0.2, -0.15) is 0 Å². The molecule has 0 bridgehead atoms. The largest absolute Gasteiger partial charge is 0.346 e. The number of nitrogens with zero attached hydrogens (tertiary/aromatic N) is 2. The molecule has 0 aromatic carbocycles. The molecule has 1 unspecified atom stereocenters. The van der Waals surface area contributed by atoms with Gasteiger partial charge in [-0.15, -0.1) is 6.58 Å². The van der Waals surface area contributed by atoms with Crippen LogP contribution in [0.1, 0.15) is 131 Å². The zero-order valence-corrected chi connectivity index (χ0v) is 34.1. The number of Topliss-reactive ketones (excluding diaryl/α,β-unsaturated/α-hetero) is 1. The standard InChI is InChI=1S/C42H70N6O6/c1-9-11-12-16-21-32(37(50)39(52)43-23-10-2)44-38(51)33-25-31(29(5)28(3)4)26-48(33)40(53)36(30-19-14-13-15-20-30)46-41(54)45-34(42(6,7)8)27-47-24-18-17-22-35(47)49/h10,28,30-34,36H,2,5,9,11-27H2,1,3-4,6-8H3,(H,43,52)(H,44,51)(H2,45,46,54)/t31-,32?,33+,34-,36+/m1/s1. The van der Waals surface area contributed by atoms with Crippen molar-refractivity contribution in [1.82, 2.24) is 31.1 Å². The van der Waals surface area contributed by atoms with Gasteiger partial charge in [0.25, 0.3) is 5.91 Å². The number of nitrogens with one attached hydrogen (secondary N) is 4. The number of urea groups is 1. The number of ketones is 1. The molecule has 2 aliphatic heterocycles. The van der Waals surface area contributed by atoms with Crippen molar-refractivity contribution in [1.29, 1.82) is 0 Å². The summed E-state index contributed by atoms with van der Waals surface area (Å²) < 4.78 is 0. The molecule has 0 aromatic rings. The number of likely N-dealkylation sites (tertiary alicyclic amines) is 2. The lowest BCUT2D eigenvalue weighted by molar-refractivity contribution is -0.143. The number of unbranched alkanes of at least 4 members (excludes halogenated alkanes) is 3. The van der Waals surface area contributed by atoms with Gasteiger partial charge in [0.15, 0.2) is 0 Å². The molecule has 0 aromatic heterocycles. The van der Waals surface area contributed by atoms with Crippen molar-refractivity contribution in [2.75, 3.05) is 26.2 Å². The van der Waals surface area contributed by atoms with Gasteiger partial charge in [-0.1, -0.05) is 105 Å². The number of hydrogen-bond acceptors (Lipinski definition) is 6. The second-order valence-corrected chi connectivity index (χ2v) is 17.2. The van der Waals surface area contributed by atoms with Gasteiger partial charge in [0, 0.05) is 32.6 Å². The first kappa shape index (κ1) is 44.7. The summed E-state index contributed by atoms with van der Waals surface area (Å²) in [6.07, 6.45) is 12.4. The maximum atomic E-state index is 14.8. The number of carbonyl (C=O) groups is 6.